The number of benzene rings is 2. The van der Waals surface area contributed by atoms with Gasteiger partial charge in [0.1, 0.15) is 12.4 Å². The number of hydrogen-bond acceptors (Lipinski definition) is 8. The fourth-order valence-electron chi connectivity index (χ4n) is 3.78. The highest BCUT2D eigenvalue weighted by molar-refractivity contribution is 5.73. The molecule has 0 heterocycles. The molecule has 1 N–H and O–H groups in total. The second-order valence-electron chi connectivity index (χ2n) is 8.60. The number of aryl methyl sites for hydroxylation is 3. The molecule has 0 amide bonds. The Hall–Kier alpha value is -2.04. The fraction of sp³-hybridized carbons (Fsp3) is 0.586. The molecule has 0 aliphatic heterocycles. The molecule has 0 fully saturated rings. The Bertz CT molecular complexity index is 886. The van der Waals surface area contributed by atoms with Gasteiger partial charge >= 0.3 is 0 Å². The van der Waals surface area contributed by atoms with Crippen LogP contribution in [0.2, 0.25) is 0 Å². The summed E-state index contributed by atoms with van der Waals surface area (Å²) in [5.41, 5.74) is 7.00. The molecule has 0 bridgehead atoms. The van der Waals surface area contributed by atoms with Gasteiger partial charge in [0.2, 0.25) is 0 Å². The zero-order valence-electron chi connectivity index (χ0n) is 22.9. The van der Waals surface area contributed by atoms with Gasteiger partial charge < -0.3 is 38.3 Å². The Labute approximate surface area is 221 Å². The topological polar surface area (TPSA) is 84.8 Å². The van der Waals surface area contributed by atoms with E-state index < -0.39 is 0 Å². The summed E-state index contributed by atoms with van der Waals surface area (Å²) < 4.78 is 38.5. The van der Waals surface area contributed by atoms with E-state index >= 15 is 0 Å². The minimum atomic E-state index is 0.0258. The van der Waals surface area contributed by atoms with Crippen LogP contribution in [-0.4, -0.2) is 91.5 Å². The Balaban J connectivity index is 1.85. The van der Waals surface area contributed by atoms with Crippen LogP contribution in [0.1, 0.15) is 22.3 Å². The van der Waals surface area contributed by atoms with Crippen LogP contribution >= 0.6 is 0 Å². The van der Waals surface area contributed by atoms with E-state index in [1.807, 2.05) is 6.07 Å². The number of rotatable bonds is 21. The predicted octanol–water partition coefficient (Wildman–Crippen LogP) is 3.88. The van der Waals surface area contributed by atoms with E-state index in [-0.39, 0.29) is 6.61 Å². The quantitative estimate of drug-likeness (QED) is 0.248. The molecule has 0 atom stereocenters. The normalized spacial score (nSPS) is 11.3. The minimum absolute atomic E-state index is 0.0258. The van der Waals surface area contributed by atoms with Crippen molar-refractivity contribution < 1.29 is 38.3 Å². The van der Waals surface area contributed by atoms with Crippen LogP contribution in [0.3, 0.4) is 0 Å². The van der Waals surface area contributed by atoms with E-state index in [0.29, 0.717) is 79.3 Å². The van der Waals surface area contributed by atoms with E-state index in [9.17, 15) is 0 Å². The monoisotopic (exact) mass is 520 g/mol. The first-order valence-electron chi connectivity index (χ1n) is 12.9. The molecular formula is C29H44O8. The van der Waals surface area contributed by atoms with Crippen LogP contribution in [0.5, 0.6) is 5.75 Å². The molecule has 2 aromatic rings. The first-order valence-corrected chi connectivity index (χ1v) is 12.9. The first kappa shape index (κ1) is 31.2. The van der Waals surface area contributed by atoms with Gasteiger partial charge in [-0.05, 0) is 66.3 Å². The molecule has 0 unspecified atom stereocenters. The lowest BCUT2D eigenvalue weighted by atomic mass is 9.91. The summed E-state index contributed by atoms with van der Waals surface area (Å²) >= 11 is 0. The van der Waals surface area contributed by atoms with Crippen LogP contribution in [0, 0.1) is 20.8 Å². The third kappa shape index (κ3) is 11.9. The molecule has 208 valence electrons. The number of hydrogen-bond donors (Lipinski definition) is 1. The maximum atomic E-state index is 8.71. The van der Waals surface area contributed by atoms with Gasteiger partial charge in [-0.1, -0.05) is 18.2 Å². The summed E-state index contributed by atoms with van der Waals surface area (Å²) in [6, 6.07) is 10.6. The third-order valence-electron chi connectivity index (χ3n) is 5.73. The Kier molecular flexibility index (Phi) is 16.1. The standard InChI is InChI=1S/C29H44O8/c1-23-5-6-24(2)29(27(23)22-36-18-17-34-14-13-32-10-9-30)26-7-8-28(25(3)21-26)37-20-19-35-16-15-33-12-11-31-4/h5-8,21,30H,9-20,22H2,1-4H3. The van der Waals surface area contributed by atoms with Gasteiger partial charge in [-0.25, -0.2) is 0 Å². The van der Waals surface area contributed by atoms with Crippen LogP contribution in [0.4, 0.5) is 0 Å². The molecule has 0 saturated carbocycles. The average molecular weight is 521 g/mol. The number of aliphatic hydroxyl groups excluding tert-OH is 1. The third-order valence-corrected chi connectivity index (χ3v) is 5.73. The van der Waals surface area contributed by atoms with Crippen molar-refractivity contribution in [2.45, 2.75) is 27.4 Å². The zero-order chi connectivity index (χ0) is 26.7. The number of aliphatic hydroxyl groups is 1. The van der Waals surface area contributed by atoms with Crippen molar-refractivity contribution in [3.63, 3.8) is 0 Å². The smallest absolute Gasteiger partial charge is 0.122 e. The minimum Gasteiger partial charge on any atom is -0.491 e. The molecular weight excluding hydrogens is 476 g/mol. The Morgan fingerprint density at radius 1 is 0.595 bits per heavy atom. The molecule has 0 radical (unpaired) electrons. The lowest BCUT2D eigenvalue weighted by molar-refractivity contribution is 0.00450. The van der Waals surface area contributed by atoms with Crippen molar-refractivity contribution >= 4 is 0 Å². The van der Waals surface area contributed by atoms with Crippen molar-refractivity contribution in [1.82, 2.24) is 0 Å². The lowest BCUT2D eigenvalue weighted by Gasteiger charge is -2.18. The Morgan fingerprint density at radius 2 is 1.16 bits per heavy atom. The van der Waals surface area contributed by atoms with Crippen molar-refractivity contribution in [2.24, 2.45) is 0 Å². The van der Waals surface area contributed by atoms with E-state index in [1.54, 1.807) is 7.11 Å². The van der Waals surface area contributed by atoms with E-state index in [0.717, 1.165) is 16.9 Å². The van der Waals surface area contributed by atoms with Crippen molar-refractivity contribution in [3.8, 4) is 16.9 Å². The van der Waals surface area contributed by atoms with E-state index in [4.69, 9.17) is 38.3 Å². The molecule has 0 spiro atoms. The highest BCUT2D eigenvalue weighted by Crippen LogP contribution is 2.33. The van der Waals surface area contributed by atoms with Gasteiger partial charge in [-0.15, -0.1) is 0 Å². The molecule has 0 saturated heterocycles. The molecule has 37 heavy (non-hydrogen) atoms. The molecule has 2 rings (SSSR count). The second-order valence-corrected chi connectivity index (χ2v) is 8.60. The maximum Gasteiger partial charge on any atom is 0.122 e. The second kappa shape index (κ2) is 19.1. The van der Waals surface area contributed by atoms with Gasteiger partial charge in [-0.2, -0.15) is 0 Å². The summed E-state index contributed by atoms with van der Waals surface area (Å²) in [5, 5.41) is 8.71. The first-order chi connectivity index (χ1) is 18.1. The number of ether oxygens (including phenoxy) is 7. The number of methoxy groups -OCH3 is 1. The van der Waals surface area contributed by atoms with Gasteiger partial charge in [0.25, 0.3) is 0 Å². The molecule has 0 aromatic heterocycles. The van der Waals surface area contributed by atoms with E-state index in [1.165, 1.54) is 22.3 Å². The van der Waals surface area contributed by atoms with Crippen LogP contribution in [0.25, 0.3) is 11.1 Å². The van der Waals surface area contributed by atoms with Gasteiger partial charge in [0.15, 0.2) is 0 Å². The maximum absolute atomic E-state index is 8.71. The molecule has 8 nitrogen and oxygen atoms in total. The zero-order valence-corrected chi connectivity index (χ0v) is 22.9. The fourth-order valence-corrected chi connectivity index (χ4v) is 3.78. The predicted molar refractivity (Wildman–Crippen MR) is 143 cm³/mol. The lowest BCUT2D eigenvalue weighted by Crippen LogP contribution is -2.12. The Morgan fingerprint density at radius 3 is 1.78 bits per heavy atom. The van der Waals surface area contributed by atoms with E-state index in [2.05, 4.69) is 45.0 Å². The van der Waals surface area contributed by atoms with Crippen molar-refractivity contribution in [1.29, 1.82) is 0 Å². The summed E-state index contributed by atoms with van der Waals surface area (Å²) in [4.78, 5) is 0. The summed E-state index contributed by atoms with van der Waals surface area (Å²) in [6.07, 6.45) is 0. The average Bonchev–Trinajstić information content (AvgIpc) is 2.89. The summed E-state index contributed by atoms with van der Waals surface area (Å²) in [5.74, 6) is 0.854. The molecule has 2 aromatic carbocycles. The summed E-state index contributed by atoms with van der Waals surface area (Å²) in [7, 11) is 1.65. The van der Waals surface area contributed by atoms with Crippen LogP contribution < -0.4 is 4.74 Å². The molecule has 0 aliphatic carbocycles. The highest BCUT2D eigenvalue weighted by atomic mass is 16.6. The summed E-state index contributed by atoms with van der Waals surface area (Å²) in [6.45, 7) is 12.4. The van der Waals surface area contributed by atoms with Gasteiger partial charge in [-0.3, -0.25) is 0 Å². The SMILES string of the molecule is COCCOCCOCCOc1ccc(-c2c(C)ccc(C)c2COCCOCCOCCO)cc1C. The molecule has 0 aliphatic rings. The molecule has 8 heteroatoms. The van der Waals surface area contributed by atoms with Crippen molar-refractivity contribution in [2.75, 3.05) is 86.4 Å². The van der Waals surface area contributed by atoms with Crippen molar-refractivity contribution in [3.05, 3.63) is 52.6 Å². The largest absolute Gasteiger partial charge is 0.491 e. The van der Waals surface area contributed by atoms with Crippen LogP contribution in [0.15, 0.2) is 30.3 Å². The highest BCUT2D eigenvalue weighted by Gasteiger charge is 2.13. The van der Waals surface area contributed by atoms with Gasteiger partial charge in [0, 0.05) is 7.11 Å². The van der Waals surface area contributed by atoms with Crippen LogP contribution in [-0.2, 0) is 35.0 Å². The van der Waals surface area contributed by atoms with Gasteiger partial charge in [0.05, 0.1) is 79.3 Å².